The number of amides is 1. The number of aliphatic hydroxyl groups excluding tert-OH is 1. The Balaban J connectivity index is 1.56. The van der Waals surface area contributed by atoms with Crippen molar-refractivity contribution in [1.29, 1.82) is 0 Å². The van der Waals surface area contributed by atoms with E-state index in [-0.39, 0.29) is 18.1 Å². The van der Waals surface area contributed by atoms with Gasteiger partial charge in [-0.1, -0.05) is 41.2 Å². The van der Waals surface area contributed by atoms with Crippen LogP contribution in [0.1, 0.15) is 33.9 Å². The highest BCUT2D eigenvalue weighted by Gasteiger charge is 2.48. The van der Waals surface area contributed by atoms with Crippen LogP contribution in [0.4, 0.5) is 5.13 Å². The molecule has 1 amide bonds. The van der Waals surface area contributed by atoms with Crippen molar-refractivity contribution in [2.75, 3.05) is 11.7 Å². The van der Waals surface area contributed by atoms with Crippen LogP contribution in [0.5, 0.6) is 11.5 Å². The minimum atomic E-state index is -0.835. The fourth-order valence-electron chi connectivity index (χ4n) is 4.66. The smallest absolute Gasteiger partial charge is 0.301 e. The average Bonchev–Trinajstić information content (AvgIpc) is 3.55. The molecule has 7 nitrogen and oxygen atoms in total. The second-order valence-electron chi connectivity index (χ2n) is 9.05. The number of benzene rings is 3. The molecule has 1 atom stereocenters. The number of nitrogens with zero attached hydrogens (tertiary/aromatic N) is 2. The average molecular weight is 499 g/mol. The molecule has 8 heteroatoms. The lowest BCUT2D eigenvalue weighted by molar-refractivity contribution is -0.132. The van der Waals surface area contributed by atoms with Crippen LogP contribution >= 0.6 is 11.3 Å². The summed E-state index contributed by atoms with van der Waals surface area (Å²) in [6.45, 7) is 6.07. The molecule has 4 aromatic rings. The number of hydrogen-bond acceptors (Lipinski definition) is 7. The number of carbonyl (C=O) groups is 2. The van der Waals surface area contributed by atoms with E-state index in [1.165, 1.54) is 16.2 Å². The fourth-order valence-corrected chi connectivity index (χ4v) is 5.73. The van der Waals surface area contributed by atoms with E-state index < -0.39 is 17.7 Å². The summed E-state index contributed by atoms with van der Waals surface area (Å²) in [6, 6.07) is 15.7. The summed E-state index contributed by atoms with van der Waals surface area (Å²) in [5.74, 6) is -0.729. The van der Waals surface area contributed by atoms with Crippen molar-refractivity contribution in [3.63, 3.8) is 0 Å². The van der Waals surface area contributed by atoms with Gasteiger partial charge >= 0.3 is 5.91 Å². The summed E-state index contributed by atoms with van der Waals surface area (Å²) >= 11 is 1.35. The van der Waals surface area contributed by atoms with Crippen molar-refractivity contribution in [3.8, 4) is 11.5 Å². The number of aliphatic hydroxyl groups is 1. The molecule has 3 heterocycles. The van der Waals surface area contributed by atoms with Crippen molar-refractivity contribution in [3.05, 3.63) is 88.0 Å². The van der Waals surface area contributed by atoms with E-state index in [2.05, 4.69) is 0 Å². The van der Waals surface area contributed by atoms with Crippen molar-refractivity contribution >= 4 is 44.1 Å². The van der Waals surface area contributed by atoms with E-state index in [1.54, 1.807) is 18.2 Å². The third kappa shape index (κ3) is 3.45. The molecular formula is C28H22N2O5S. The predicted octanol–water partition coefficient (Wildman–Crippen LogP) is 5.58. The molecule has 1 unspecified atom stereocenters. The Hall–Kier alpha value is -4.17. The van der Waals surface area contributed by atoms with Gasteiger partial charge in [-0.2, -0.15) is 0 Å². The van der Waals surface area contributed by atoms with Crippen LogP contribution in [0.3, 0.4) is 0 Å². The van der Waals surface area contributed by atoms with E-state index >= 15 is 0 Å². The monoisotopic (exact) mass is 498 g/mol. The molecule has 0 radical (unpaired) electrons. The number of fused-ring (bicyclic) bond motifs is 2. The highest BCUT2D eigenvalue weighted by Crippen LogP contribution is 2.45. The number of rotatable bonds is 3. The molecule has 2 aliphatic rings. The number of anilines is 1. The summed E-state index contributed by atoms with van der Waals surface area (Å²) in [5, 5.41) is 11.8. The zero-order valence-corrected chi connectivity index (χ0v) is 20.7. The largest absolute Gasteiger partial charge is 0.507 e. The number of aromatic nitrogens is 1. The maximum Gasteiger partial charge on any atom is 0.301 e. The van der Waals surface area contributed by atoms with E-state index in [4.69, 9.17) is 14.5 Å². The Morgan fingerprint density at radius 2 is 1.78 bits per heavy atom. The molecule has 2 aliphatic heterocycles. The first-order valence-electron chi connectivity index (χ1n) is 11.5. The number of aryl methyl sites for hydroxylation is 3. The minimum Gasteiger partial charge on any atom is -0.507 e. The molecule has 180 valence electrons. The molecule has 1 N–H and O–H groups in total. The van der Waals surface area contributed by atoms with Gasteiger partial charge in [0.05, 0.1) is 21.8 Å². The quantitative estimate of drug-likeness (QED) is 0.225. The Morgan fingerprint density at radius 1 is 1.00 bits per heavy atom. The number of ketones is 1. The molecule has 0 spiro atoms. The lowest BCUT2D eigenvalue weighted by Crippen LogP contribution is -2.29. The van der Waals surface area contributed by atoms with Gasteiger partial charge in [-0.25, -0.2) is 4.98 Å². The molecular weight excluding hydrogens is 476 g/mol. The first kappa shape index (κ1) is 22.3. The lowest BCUT2D eigenvalue weighted by atomic mass is 9.94. The maximum atomic E-state index is 13.5. The van der Waals surface area contributed by atoms with Crippen molar-refractivity contribution in [2.24, 2.45) is 0 Å². The molecule has 3 aromatic carbocycles. The molecule has 1 saturated heterocycles. The number of ether oxygens (including phenoxy) is 2. The van der Waals surface area contributed by atoms with Crippen LogP contribution in [0.2, 0.25) is 0 Å². The van der Waals surface area contributed by atoms with Gasteiger partial charge in [0.15, 0.2) is 16.6 Å². The van der Waals surface area contributed by atoms with Crippen molar-refractivity contribution in [2.45, 2.75) is 26.8 Å². The molecule has 0 saturated carbocycles. The summed E-state index contributed by atoms with van der Waals surface area (Å²) in [6.07, 6.45) is 0. The Labute approximate surface area is 211 Å². The fraction of sp³-hybridized carbons (Fsp3) is 0.179. The van der Waals surface area contributed by atoms with Crippen LogP contribution in [0, 0.1) is 20.8 Å². The first-order chi connectivity index (χ1) is 17.3. The first-order valence-corrected chi connectivity index (χ1v) is 12.3. The minimum absolute atomic E-state index is 0.0103. The highest BCUT2D eigenvalue weighted by molar-refractivity contribution is 7.22. The highest BCUT2D eigenvalue weighted by atomic mass is 32.1. The van der Waals surface area contributed by atoms with Gasteiger partial charge in [-0.3, -0.25) is 14.5 Å². The Bertz CT molecular complexity index is 1580. The van der Waals surface area contributed by atoms with Crippen LogP contribution in [-0.2, 0) is 9.59 Å². The number of thiazole rings is 1. The van der Waals surface area contributed by atoms with Crippen LogP contribution in [0.25, 0.3) is 16.0 Å². The van der Waals surface area contributed by atoms with Crippen LogP contribution < -0.4 is 14.4 Å². The topological polar surface area (TPSA) is 89.0 Å². The summed E-state index contributed by atoms with van der Waals surface area (Å²) in [4.78, 5) is 33.0. The Kier molecular flexibility index (Phi) is 5.08. The van der Waals surface area contributed by atoms with E-state index in [0.717, 1.165) is 26.9 Å². The van der Waals surface area contributed by atoms with Gasteiger partial charge in [0, 0.05) is 5.56 Å². The Morgan fingerprint density at radius 3 is 2.58 bits per heavy atom. The molecule has 1 aromatic heterocycles. The second kappa shape index (κ2) is 8.20. The number of hydrogen-bond donors (Lipinski definition) is 1. The molecule has 0 aliphatic carbocycles. The van der Waals surface area contributed by atoms with Gasteiger partial charge < -0.3 is 14.6 Å². The van der Waals surface area contributed by atoms with Crippen molar-refractivity contribution in [1.82, 2.24) is 4.98 Å². The van der Waals surface area contributed by atoms with Gasteiger partial charge in [-0.15, -0.1) is 0 Å². The maximum absolute atomic E-state index is 13.5. The third-order valence-corrected chi connectivity index (χ3v) is 7.66. The lowest BCUT2D eigenvalue weighted by Gasteiger charge is -2.23. The standard InChI is InChI=1S/C28H22N2O5S/c1-14-5-4-6-17(9-14)24-23(25(31)18-7-8-20-21(12-18)35-13-34-20)26(32)27(33)30(24)28-29-19-10-15(2)16(3)11-22(19)36-28/h4-12,24,31H,13H2,1-3H3/b25-23+. The molecule has 1 fully saturated rings. The van der Waals surface area contributed by atoms with Gasteiger partial charge in [0.2, 0.25) is 6.79 Å². The van der Waals surface area contributed by atoms with Crippen LogP contribution in [-0.4, -0.2) is 28.6 Å². The van der Waals surface area contributed by atoms with E-state index in [0.29, 0.717) is 27.8 Å². The van der Waals surface area contributed by atoms with E-state index in [1.807, 2.05) is 57.2 Å². The SMILES string of the molecule is Cc1cccc(C2/C(=C(\O)c3ccc4c(c3)OCO4)C(=O)C(=O)N2c2nc3cc(C)c(C)cc3s2)c1. The molecule has 36 heavy (non-hydrogen) atoms. The summed E-state index contributed by atoms with van der Waals surface area (Å²) in [7, 11) is 0. The molecule has 0 bridgehead atoms. The van der Waals surface area contributed by atoms with Gasteiger partial charge in [0.25, 0.3) is 5.78 Å². The van der Waals surface area contributed by atoms with Gasteiger partial charge in [0.1, 0.15) is 5.76 Å². The normalized spacial score (nSPS) is 18.4. The van der Waals surface area contributed by atoms with Crippen LogP contribution in [0.15, 0.2) is 60.2 Å². The van der Waals surface area contributed by atoms with E-state index in [9.17, 15) is 14.7 Å². The third-order valence-electron chi connectivity index (χ3n) is 6.65. The zero-order valence-electron chi connectivity index (χ0n) is 19.9. The summed E-state index contributed by atoms with van der Waals surface area (Å²) < 4.78 is 11.7. The summed E-state index contributed by atoms with van der Waals surface area (Å²) in [5.41, 5.74) is 5.04. The predicted molar refractivity (Wildman–Crippen MR) is 138 cm³/mol. The second-order valence-corrected chi connectivity index (χ2v) is 10.1. The van der Waals surface area contributed by atoms with Gasteiger partial charge in [-0.05, 0) is 67.8 Å². The molecule has 6 rings (SSSR count). The van der Waals surface area contributed by atoms with Crippen molar-refractivity contribution < 1.29 is 24.2 Å². The zero-order chi connectivity index (χ0) is 25.1. The number of carbonyl (C=O) groups excluding carboxylic acids is 2. The number of Topliss-reactive ketones (excluding diaryl/α,β-unsaturated/α-hetero) is 1.